The topological polar surface area (TPSA) is 77.3 Å². The van der Waals surface area contributed by atoms with E-state index in [0.29, 0.717) is 11.6 Å². The van der Waals surface area contributed by atoms with Gasteiger partial charge in [0.25, 0.3) is 0 Å². The summed E-state index contributed by atoms with van der Waals surface area (Å²) in [6.45, 7) is 0. The van der Waals surface area contributed by atoms with E-state index in [2.05, 4.69) is 368 Å². The van der Waals surface area contributed by atoms with Crippen LogP contribution >= 0.6 is 0 Å². The molecular weight excluding hydrogens is 1310 g/mol. The van der Waals surface area contributed by atoms with Crippen LogP contribution in [-0.4, -0.2) is 29.9 Å². The summed E-state index contributed by atoms with van der Waals surface area (Å²) in [5.41, 5.74) is 23.7. The lowest BCUT2D eigenvalue weighted by Gasteiger charge is -2.19. The Morgan fingerprint density at radius 3 is 0.981 bits per heavy atom. The summed E-state index contributed by atoms with van der Waals surface area (Å²) in [6, 6.07) is 133. The Morgan fingerprint density at radius 2 is 0.481 bits per heavy atom. The van der Waals surface area contributed by atoms with Crippen LogP contribution < -0.4 is 0 Å². The highest BCUT2D eigenvalue weighted by molar-refractivity contribution is 6.24. The molecule has 0 aliphatic heterocycles. The molecule has 4 heterocycles. The van der Waals surface area contributed by atoms with Crippen molar-refractivity contribution < 1.29 is 0 Å². The zero-order chi connectivity index (χ0) is 71.7. The monoisotopic (exact) mass is 1370 g/mol. The van der Waals surface area contributed by atoms with Gasteiger partial charge in [0.05, 0.1) is 22.8 Å². The minimum atomic E-state index is 0.686. The third-order valence-electron chi connectivity index (χ3n) is 20.7. The van der Waals surface area contributed by atoms with E-state index in [1.807, 2.05) is 30.6 Å². The summed E-state index contributed by atoms with van der Waals surface area (Å²) in [4.78, 5) is 29.4. The van der Waals surface area contributed by atoms with Crippen LogP contribution in [0.15, 0.2) is 401 Å². The number of aromatic nitrogens is 6. The summed E-state index contributed by atoms with van der Waals surface area (Å²) in [5, 5.41) is 14.7. The number of rotatable bonds is 12. The molecule has 4 aromatic heterocycles. The fourth-order valence-electron chi connectivity index (χ4n) is 15.6. The summed E-state index contributed by atoms with van der Waals surface area (Å²) in [7, 11) is 0. The first-order chi connectivity index (χ1) is 53.5. The van der Waals surface area contributed by atoms with E-state index in [1.54, 1.807) is 12.4 Å². The van der Waals surface area contributed by atoms with E-state index in [9.17, 15) is 0 Å². The van der Waals surface area contributed by atoms with E-state index >= 15 is 0 Å². The van der Waals surface area contributed by atoms with Crippen molar-refractivity contribution in [2.24, 2.45) is 0 Å². The predicted octanol–water partition coefficient (Wildman–Crippen LogP) is 26.7. The lowest BCUT2D eigenvalue weighted by Crippen LogP contribution is -1.96. The molecule has 0 spiro atoms. The van der Waals surface area contributed by atoms with Crippen molar-refractivity contribution in [2.75, 3.05) is 0 Å². The van der Waals surface area contributed by atoms with Gasteiger partial charge < -0.3 is 0 Å². The molecule has 6 nitrogen and oxygen atoms in total. The van der Waals surface area contributed by atoms with Crippen LogP contribution in [0.4, 0.5) is 0 Å². The van der Waals surface area contributed by atoms with Crippen molar-refractivity contribution in [3.63, 3.8) is 0 Å². The van der Waals surface area contributed by atoms with Gasteiger partial charge in [0, 0.05) is 58.2 Å². The Kier molecular flexibility index (Phi) is 16.9. The molecule has 504 valence electrons. The molecule has 0 N–H and O–H groups in total. The first-order valence-electron chi connectivity index (χ1n) is 36.5. The van der Waals surface area contributed by atoms with Crippen molar-refractivity contribution in [1.29, 1.82) is 0 Å². The second kappa shape index (κ2) is 28.3. The smallest absolute Gasteiger partial charge is 0.160 e. The van der Waals surface area contributed by atoms with Crippen molar-refractivity contribution in [3.05, 3.63) is 401 Å². The van der Waals surface area contributed by atoms with Gasteiger partial charge in [-0.05, 0) is 168 Å². The van der Waals surface area contributed by atoms with Crippen LogP contribution in [0, 0.1) is 0 Å². The lowest BCUT2D eigenvalue weighted by atomic mass is 9.84. The molecule has 0 saturated carbocycles. The zero-order valence-electron chi connectivity index (χ0n) is 58.8. The number of benzene rings is 16. The fraction of sp³-hybridized carbons (Fsp3) is 0. The minimum Gasteiger partial charge on any atom is -0.264 e. The number of fused-ring (bicyclic) bond motifs is 6. The van der Waals surface area contributed by atoms with Crippen molar-refractivity contribution in [3.8, 4) is 135 Å². The van der Waals surface area contributed by atoms with Gasteiger partial charge in [0.15, 0.2) is 11.6 Å². The molecule has 6 heteroatoms. The van der Waals surface area contributed by atoms with Crippen LogP contribution in [0.2, 0.25) is 0 Å². The lowest BCUT2D eigenvalue weighted by molar-refractivity contribution is 1.18. The standard InChI is InChI=1S/2C51H33N3/c1-2-14-36(15-3-1)47-32-48(37-28-26-34(27-29-37)40-19-12-30-52-33-40)54-51(53-47)39-18-10-17-38(31-39)49-43-21-6-8-23-45(43)50(46-24-9-7-22-44(46)49)42-25-11-16-35-13-4-5-20-41(35)42;1-2-12-37(13-3-1)49-43-16-6-8-18-45(43)50(46-19-9-7-17-44(46)49)38-25-27-39(28-26-38)51-53-47(36-23-20-35(21-24-36)42-15-10-30-52-33-42)32-48(54-51)41-29-22-34-11-4-5-14-40(34)31-41/h2*1-33H. The minimum absolute atomic E-state index is 0.686. The molecule has 0 unspecified atom stereocenters. The maximum Gasteiger partial charge on any atom is 0.160 e. The molecule has 0 saturated heterocycles. The molecule has 20 aromatic rings. The van der Waals surface area contributed by atoms with Gasteiger partial charge in [-0.1, -0.05) is 340 Å². The van der Waals surface area contributed by atoms with Gasteiger partial charge in [0.1, 0.15) is 0 Å². The maximum absolute atomic E-state index is 5.22. The summed E-state index contributed by atoms with van der Waals surface area (Å²) < 4.78 is 0. The normalized spacial score (nSPS) is 11.3. The number of nitrogens with zero attached hydrogens (tertiary/aromatic N) is 6. The van der Waals surface area contributed by atoms with Crippen LogP contribution in [0.5, 0.6) is 0 Å². The van der Waals surface area contributed by atoms with E-state index in [4.69, 9.17) is 19.9 Å². The van der Waals surface area contributed by atoms with Crippen LogP contribution in [0.25, 0.3) is 199 Å². The third-order valence-corrected chi connectivity index (χ3v) is 20.7. The molecule has 0 radical (unpaired) electrons. The summed E-state index contributed by atoms with van der Waals surface area (Å²) >= 11 is 0. The Bertz CT molecular complexity index is 6630. The summed E-state index contributed by atoms with van der Waals surface area (Å²) in [6.07, 6.45) is 7.38. The predicted molar refractivity (Wildman–Crippen MR) is 450 cm³/mol. The van der Waals surface area contributed by atoms with Crippen molar-refractivity contribution >= 4 is 64.6 Å². The Labute approximate surface area is 626 Å². The van der Waals surface area contributed by atoms with E-state index in [-0.39, 0.29) is 0 Å². The van der Waals surface area contributed by atoms with Crippen LogP contribution in [-0.2, 0) is 0 Å². The fourth-order valence-corrected chi connectivity index (χ4v) is 15.6. The first-order valence-corrected chi connectivity index (χ1v) is 36.5. The molecule has 16 aromatic carbocycles. The Morgan fingerprint density at radius 1 is 0.157 bits per heavy atom. The zero-order valence-corrected chi connectivity index (χ0v) is 58.8. The molecular formula is C102H66N6. The van der Waals surface area contributed by atoms with Crippen molar-refractivity contribution in [1.82, 2.24) is 29.9 Å². The average Bonchev–Trinajstić information content (AvgIpc) is 0.734. The highest BCUT2D eigenvalue weighted by atomic mass is 14.9. The molecule has 0 aliphatic carbocycles. The van der Waals surface area contributed by atoms with Gasteiger partial charge >= 0.3 is 0 Å². The first kappa shape index (κ1) is 64.4. The van der Waals surface area contributed by atoms with Gasteiger partial charge in [0.2, 0.25) is 0 Å². The van der Waals surface area contributed by atoms with Gasteiger partial charge in [-0.25, -0.2) is 19.9 Å². The molecule has 0 bridgehead atoms. The van der Waals surface area contributed by atoms with Gasteiger partial charge in [-0.15, -0.1) is 0 Å². The quantitative estimate of drug-likeness (QED) is 0.113. The number of pyridine rings is 2. The summed E-state index contributed by atoms with van der Waals surface area (Å²) in [5.74, 6) is 1.37. The third kappa shape index (κ3) is 12.3. The maximum atomic E-state index is 5.22. The molecule has 0 aliphatic rings. The van der Waals surface area contributed by atoms with Gasteiger partial charge in [-0.3, -0.25) is 9.97 Å². The Balaban J connectivity index is 0.000000147. The second-order valence-corrected chi connectivity index (χ2v) is 27.2. The van der Waals surface area contributed by atoms with Crippen LogP contribution in [0.1, 0.15) is 0 Å². The van der Waals surface area contributed by atoms with E-state index in [1.165, 1.54) is 98.0 Å². The van der Waals surface area contributed by atoms with Gasteiger partial charge in [-0.2, -0.15) is 0 Å². The number of hydrogen-bond donors (Lipinski definition) is 0. The SMILES string of the molecule is c1ccc(-c2c3ccccc3c(-c3ccc(-c4nc(-c5ccc(-c6cccnc6)cc5)cc(-c5ccc6ccccc6c5)n4)cc3)c3ccccc23)cc1.c1ccc(-c2cc(-c3ccc(-c4cccnc4)cc3)nc(-c3cccc(-c4c5ccccc5c(-c5cccc6ccccc56)c5ccccc45)c3)n2)cc1. The highest BCUT2D eigenvalue weighted by Crippen LogP contribution is 2.48. The molecule has 0 amide bonds. The molecule has 108 heavy (non-hydrogen) atoms. The number of hydrogen-bond acceptors (Lipinski definition) is 6. The Hall–Kier alpha value is -14.5. The van der Waals surface area contributed by atoms with Crippen molar-refractivity contribution in [2.45, 2.75) is 0 Å². The molecule has 20 rings (SSSR count). The highest BCUT2D eigenvalue weighted by Gasteiger charge is 2.22. The van der Waals surface area contributed by atoms with Crippen LogP contribution in [0.3, 0.4) is 0 Å². The van der Waals surface area contributed by atoms with E-state index in [0.717, 1.165) is 89.5 Å². The largest absolute Gasteiger partial charge is 0.264 e. The average molecular weight is 1380 g/mol. The molecule has 0 fully saturated rings. The molecule has 0 atom stereocenters. The second-order valence-electron chi connectivity index (χ2n) is 27.2. The van der Waals surface area contributed by atoms with E-state index < -0.39 is 0 Å².